The van der Waals surface area contributed by atoms with E-state index < -0.39 is 17.4 Å². The van der Waals surface area contributed by atoms with Crippen molar-refractivity contribution in [1.29, 1.82) is 0 Å². The summed E-state index contributed by atoms with van der Waals surface area (Å²) in [6.07, 6.45) is 1.34. The number of hydrogen-bond acceptors (Lipinski definition) is 2. The monoisotopic (exact) mass is 268 g/mol. The predicted molar refractivity (Wildman–Crippen MR) is 68.5 cm³/mol. The average molecular weight is 269 g/mol. The highest BCUT2D eigenvalue weighted by molar-refractivity contribution is 6.30. The van der Waals surface area contributed by atoms with Crippen molar-refractivity contribution < 1.29 is 19.8 Å². The normalized spacial score (nSPS) is 12.3. The molecular weight excluding hydrogens is 256 g/mol. The fourth-order valence-electron chi connectivity index (χ4n) is 1.35. The predicted octanol–water partition coefficient (Wildman–Crippen LogP) is 2.92. The number of carbonyl (C=O) groups is 2. The lowest BCUT2D eigenvalue weighted by Crippen LogP contribution is -2.30. The minimum absolute atomic E-state index is 0.183. The highest BCUT2D eigenvalue weighted by Crippen LogP contribution is 2.29. The van der Waals surface area contributed by atoms with Crippen LogP contribution in [0.2, 0.25) is 5.02 Å². The van der Waals surface area contributed by atoms with Crippen LogP contribution in [0, 0.1) is 5.41 Å². The van der Waals surface area contributed by atoms with Gasteiger partial charge in [0.1, 0.15) is 0 Å². The van der Waals surface area contributed by atoms with E-state index in [-0.39, 0.29) is 5.57 Å². The van der Waals surface area contributed by atoms with E-state index in [9.17, 15) is 9.59 Å². The molecule has 0 heterocycles. The zero-order chi connectivity index (χ0) is 13.9. The van der Waals surface area contributed by atoms with Crippen LogP contribution >= 0.6 is 11.6 Å². The summed E-state index contributed by atoms with van der Waals surface area (Å²) in [4.78, 5) is 22.3. The minimum atomic E-state index is -1.47. The third-order valence-electron chi connectivity index (χ3n) is 2.62. The number of benzene rings is 1. The molecule has 0 radical (unpaired) electrons. The number of halogens is 1. The largest absolute Gasteiger partial charge is 0.481 e. The zero-order valence-electron chi connectivity index (χ0n) is 9.98. The molecule has 0 saturated carbocycles. The van der Waals surface area contributed by atoms with Gasteiger partial charge in [-0.25, -0.2) is 4.79 Å². The number of carboxylic acids is 2. The van der Waals surface area contributed by atoms with Crippen LogP contribution in [0.1, 0.15) is 19.4 Å². The van der Waals surface area contributed by atoms with Crippen molar-refractivity contribution in [3.63, 3.8) is 0 Å². The Morgan fingerprint density at radius 1 is 1.17 bits per heavy atom. The van der Waals surface area contributed by atoms with Gasteiger partial charge in [0.2, 0.25) is 0 Å². The molecule has 0 spiro atoms. The van der Waals surface area contributed by atoms with Gasteiger partial charge < -0.3 is 10.2 Å². The first kappa shape index (κ1) is 14.3. The Labute approximate surface area is 110 Å². The highest BCUT2D eigenvalue weighted by Gasteiger charge is 2.35. The fraction of sp³-hybridized carbons (Fsp3) is 0.231. The van der Waals surface area contributed by atoms with Crippen LogP contribution in [-0.2, 0) is 9.59 Å². The molecule has 5 heteroatoms. The molecule has 18 heavy (non-hydrogen) atoms. The molecule has 1 aromatic carbocycles. The summed E-state index contributed by atoms with van der Waals surface area (Å²) in [5.41, 5.74) is -1.06. The van der Waals surface area contributed by atoms with E-state index in [4.69, 9.17) is 21.8 Å². The van der Waals surface area contributed by atoms with Crippen LogP contribution in [-0.4, -0.2) is 22.2 Å². The summed E-state index contributed by atoms with van der Waals surface area (Å²) < 4.78 is 0. The van der Waals surface area contributed by atoms with E-state index >= 15 is 0 Å². The summed E-state index contributed by atoms with van der Waals surface area (Å²) >= 11 is 5.72. The van der Waals surface area contributed by atoms with E-state index in [1.54, 1.807) is 24.3 Å². The van der Waals surface area contributed by atoms with E-state index in [0.29, 0.717) is 10.6 Å². The Bertz CT molecular complexity index is 500. The molecule has 0 unspecified atom stereocenters. The molecule has 2 N–H and O–H groups in total. The molecule has 0 aliphatic carbocycles. The first-order chi connectivity index (χ1) is 8.25. The van der Waals surface area contributed by atoms with Crippen molar-refractivity contribution in [2.75, 3.05) is 0 Å². The van der Waals surface area contributed by atoms with Crippen molar-refractivity contribution in [2.24, 2.45) is 5.41 Å². The summed E-state index contributed by atoms with van der Waals surface area (Å²) in [6.45, 7) is 2.70. The Balaban J connectivity index is 3.25. The first-order valence-electron chi connectivity index (χ1n) is 5.19. The van der Waals surface area contributed by atoms with Crippen molar-refractivity contribution in [3.8, 4) is 0 Å². The zero-order valence-corrected chi connectivity index (χ0v) is 10.7. The van der Waals surface area contributed by atoms with Crippen LogP contribution in [0.5, 0.6) is 0 Å². The van der Waals surface area contributed by atoms with Crippen LogP contribution in [0.4, 0.5) is 0 Å². The minimum Gasteiger partial charge on any atom is -0.481 e. The summed E-state index contributed by atoms with van der Waals surface area (Å²) in [6, 6.07) is 6.48. The quantitative estimate of drug-likeness (QED) is 0.824. The molecule has 0 aliphatic heterocycles. The topological polar surface area (TPSA) is 74.6 Å². The average Bonchev–Trinajstić information content (AvgIpc) is 2.27. The standard InChI is InChI=1S/C13H13ClO4/c1-13(2,12(17)18)10(11(15)16)7-8-3-5-9(14)6-4-8/h3-7H,1-2H3,(H,15,16)(H,17,18)/b10-7-. The molecule has 96 valence electrons. The van der Waals surface area contributed by atoms with Gasteiger partial charge in [-0.15, -0.1) is 0 Å². The van der Waals surface area contributed by atoms with Gasteiger partial charge in [0, 0.05) is 5.02 Å². The summed E-state index contributed by atoms with van der Waals surface area (Å²) in [7, 11) is 0. The third kappa shape index (κ3) is 3.11. The fourth-order valence-corrected chi connectivity index (χ4v) is 1.48. The lowest BCUT2D eigenvalue weighted by molar-refractivity contribution is -0.148. The van der Waals surface area contributed by atoms with Gasteiger partial charge in [-0.05, 0) is 37.6 Å². The molecule has 0 bridgehead atoms. The van der Waals surface area contributed by atoms with Gasteiger partial charge in [-0.2, -0.15) is 0 Å². The van der Waals surface area contributed by atoms with Crippen LogP contribution in [0.25, 0.3) is 6.08 Å². The Kier molecular flexibility index (Phi) is 4.14. The van der Waals surface area contributed by atoms with E-state index in [1.165, 1.54) is 19.9 Å². The molecule has 0 aliphatic rings. The maximum atomic E-state index is 11.2. The second kappa shape index (κ2) is 5.23. The number of rotatable bonds is 4. The Morgan fingerprint density at radius 2 is 1.67 bits per heavy atom. The van der Waals surface area contributed by atoms with Crippen molar-refractivity contribution in [1.82, 2.24) is 0 Å². The molecule has 1 aromatic rings. The lowest BCUT2D eigenvalue weighted by Gasteiger charge is -2.20. The van der Waals surface area contributed by atoms with Crippen LogP contribution in [0.3, 0.4) is 0 Å². The van der Waals surface area contributed by atoms with Crippen LogP contribution < -0.4 is 0 Å². The van der Waals surface area contributed by atoms with Gasteiger partial charge in [0.05, 0.1) is 11.0 Å². The molecule has 0 aromatic heterocycles. The maximum Gasteiger partial charge on any atom is 0.332 e. The first-order valence-corrected chi connectivity index (χ1v) is 5.57. The number of hydrogen-bond donors (Lipinski definition) is 2. The van der Waals surface area contributed by atoms with Crippen molar-refractivity contribution in [2.45, 2.75) is 13.8 Å². The molecule has 0 saturated heterocycles. The van der Waals surface area contributed by atoms with Gasteiger partial charge in [-0.1, -0.05) is 23.7 Å². The molecule has 4 nitrogen and oxygen atoms in total. The van der Waals surface area contributed by atoms with Crippen molar-refractivity contribution in [3.05, 3.63) is 40.4 Å². The Morgan fingerprint density at radius 3 is 2.06 bits per heavy atom. The van der Waals surface area contributed by atoms with Gasteiger partial charge in [0.25, 0.3) is 0 Å². The van der Waals surface area contributed by atoms with Crippen LogP contribution in [0.15, 0.2) is 29.8 Å². The van der Waals surface area contributed by atoms with Gasteiger partial charge in [0.15, 0.2) is 0 Å². The third-order valence-corrected chi connectivity index (χ3v) is 2.87. The van der Waals surface area contributed by atoms with E-state index in [0.717, 1.165) is 0 Å². The van der Waals surface area contributed by atoms with E-state index in [1.807, 2.05) is 0 Å². The molecule has 0 atom stereocenters. The highest BCUT2D eigenvalue weighted by atomic mass is 35.5. The smallest absolute Gasteiger partial charge is 0.332 e. The summed E-state index contributed by atoms with van der Waals surface area (Å²) in [5.74, 6) is -2.44. The maximum absolute atomic E-state index is 11.2. The second-order valence-corrected chi connectivity index (χ2v) is 4.78. The molecule has 0 amide bonds. The lowest BCUT2D eigenvalue weighted by atomic mass is 9.83. The number of carboxylic acid groups (broad SMARTS) is 2. The van der Waals surface area contributed by atoms with Gasteiger partial charge >= 0.3 is 11.9 Å². The van der Waals surface area contributed by atoms with Gasteiger partial charge in [-0.3, -0.25) is 4.79 Å². The van der Waals surface area contributed by atoms with E-state index in [2.05, 4.69) is 0 Å². The molecular formula is C13H13ClO4. The second-order valence-electron chi connectivity index (χ2n) is 4.34. The molecule has 1 rings (SSSR count). The SMILES string of the molecule is CC(C)(C(=O)O)/C(=C\c1ccc(Cl)cc1)C(=O)O. The number of aliphatic carboxylic acids is 2. The summed E-state index contributed by atoms with van der Waals surface area (Å²) in [5, 5.41) is 18.7. The molecule has 0 fully saturated rings. The van der Waals surface area contributed by atoms with Crippen molar-refractivity contribution >= 4 is 29.6 Å². The Hall–Kier alpha value is -1.81.